The SMILES string of the molecule is COCCCN(C)CCNC(=NCc1cccc(C(F)(F)F)c1)NCCc1ccco1. The molecule has 172 valence electrons. The number of benzene rings is 1. The van der Waals surface area contributed by atoms with Crippen molar-refractivity contribution in [3.8, 4) is 0 Å². The third-order valence-corrected chi connectivity index (χ3v) is 4.59. The van der Waals surface area contributed by atoms with Gasteiger partial charge in [0.05, 0.1) is 18.4 Å². The molecule has 31 heavy (non-hydrogen) atoms. The summed E-state index contributed by atoms with van der Waals surface area (Å²) in [5.41, 5.74) is -0.170. The van der Waals surface area contributed by atoms with Crippen LogP contribution in [0.15, 0.2) is 52.1 Å². The summed E-state index contributed by atoms with van der Waals surface area (Å²) in [6.07, 6.45) is -1.12. The van der Waals surface area contributed by atoms with Gasteiger partial charge in [0, 0.05) is 46.3 Å². The van der Waals surface area contributed by atoms with E-state index in [2.05, 4.69) is 20.5 Å². The maximum absolute atomic E-state index is 12.9. The Bertz CT molecular complexity index is 779. The van der Waals surface area contributed by atoms with Crippen LogP contribution in [0.2, 0.25) is 0 Å². The Labute approximate surface area is 181 Å². The molecule has 9 heteroatoms. The molecule has 0 bridgehead atoms. The number of rotatable bonds is 12. The largest absolute Gasteiger partial charge is 0.469 e. The van der Waals surface area contributed by atoms with Gasteiger partial charge in [0.2, 0.25) is 0 Å². The van der Waals surface area contributed by atoms with E-state index in [1.165, 1.54) is 6.07 Å². The molecule has 1 aromatic carbocycles. The molecule has 2 rings (SSSR count). The number of furan rings is 1. The van der Waals surface area contributed by atoms with E-state index in [0.29, 0.717) is 31.0 Å². The number of ether oxygens (including phenoxy) is 1. The Morgan fingerprint density at radius 1 is 1.13 bits per heavy atom. The van der Waals surface area contributed by atoms with Gasteiger partial charge in [-0.3, -0.25) is 0 Å². The minimum absolute atomic E-state index is 0.143. The molecule has 2 N–H and O–H groups in total. The molecule has 0 aliphatic rings. The predicted molar refractivity (Wildman–Crippen MR) is 115 cm³/mol. The van der Waals surface area contributed by atoms with Crippen LogP contribution in [0, 0.1) is 0 Å². The van der Waals surface area contributed by atoms with Crippen molar-refractivity contribution in [3.05, 3.63) is 59.5 Å². The molecule has 0 spiro atoms. The lowest BCUT2D eigenvalue weighted by molar-refractivity contribution is -0.137. The highest BCUT2D eigenvalue weighted by Gasteiger charge is 2.30. The van der Waals surface area contributed by atoms with Crippen LogP contribution in [0.4, 0.5) is 13.2 Å². The Hall–Kier alpha value is -2.52. The summed E-state index contributed by atoms with van der Waals surface area (Å²) in [5.74, 6) is 1.40. The topological polar surface area (TPSA) is 62.0 Å². The van der Waals surface area contributed by atoms with Gasteiger partial charge in [0.15, 0.2) is 5.96 Å². The minimum atomic E-state index is -4.37. The first-order valence-electron chi connectivity index (χ1n) is 10.3. The van der Waals surface area contributed by atoms with Crippen molar-refractivity contribution in [2.24, 2.45) is 4.99 Å². The summed E-state index contributed by atoms with van der Waals surface area (Å²) in [7, 11) is 3.71. The van der Waals surface area contributed by atoms with E-state index < -0.39 is 11.7 Å². The highest BCUT2D eigenvalue weighted by atomic mass is 19.4. The second-order valence-electron chi connectivity index (χ2n) is 7.20. The number of halogens is 3. The third-order valence-electron chi connectivity index (χ3n) is 4.59. The third kappa shape index (κ3) is 9.89. The van der Waals surface area contributed by atoms with Crippen LogP contribution in [0.5, 0.6) is 0 Å². The molecule has 1 aromatic heterocycles. The molecule has 2 aromatic rings. The van der Waals surface area contributed by atoms with Gasteiger partial charge < -0.3 is 24.7 Å². The van der Waals surface area contributed by atoms with Gasteiger partial charge in [-0.15, -0.1) is 0 Å². The van der Waals surface area contributed by atoms with Crippen LogP contribution in [0.1, 0.15) is 23.3 Å². The van der Waals surface area contributed by atoms with Crippen molar-refractivity contribution in [2.75, 3.05) is 46.9 Å². The average Bonchev–Trinajstić information content (AvgIpc) is 3.25. The van der Waals surface area contributed by atoms with E-state index in [-0.39, 0.29) is 6.54 Å². The monoisotopic (exact) mass is 440 g/mol. The molecule has 0 aliphatic carbocycles. The van der Waals surface area contributed by atoms with Crippen LogP contribution in [-0.4, -0.2) is 57.8 Å². The molecule has 0 radical (unpaired) electrons. The van der Waals surface area contributed by atoms with Crippen LogP contribution in [0.3, 0.4) is 0 Å². The fourth-order valence-electron chi connectivity index (χ4n) is 2.91. The Balaban J connectivity index is 1.92. The molecule has 6 nitrogen and oxygen atoms in total. The smallest absolute Gasteiger partial charge is 0.416 e. The van der Waals surface area contributed by atoms with Crippen LogP contribution in [0.25, 0.3) is 0 Å². The van der Waals surface area contributed by atoms with Crippen molar-refractivity contribution >= 4 is 5.96 Å². The molecular weight excluding hydrogens is 409 g/mol. The number of alkyl halides is 3. The highest BCUT2D eigenvalue weighted by molar-refractivity contribution is 5.79. The average molecular weight is 441 g/mol. The molecule has 0 saturated heterocycles. The zero-order chi connectivity index (χ0) is 22.5. The molecule has 0 atom stereocenters. The maximum Gasteiger partial charge on any atom is 0.416 e. The van der Waals surface area contributed by atoms with Gasteiger partial charge in [-0.25, -0.2) is 4.99 Å². The van der Waals surface area contributed by atoms with Crippen molar-refractivity contribution in [3.63, 3.8) is 0 Å². The Kier molecular flexibility index (Phi) is 10.4. The number of likely N-dealkylation sites (N-methyl/N-ethyl adjacent to an activating group) is 1. The fraction of sp³-hybridized carbons (Fsp3) is 0.500. The molecule has 0 amide bonds. The summed E-state index contributed by atoms with van der Waals surface area (Å²) in [6.45, 7) is 3.81. The van der Waals surface area contributed by atoms with Gasteiger partial charge in [-0.05, 0) is 43.3 Å². The number of hydrogen-bond acceptors (Lipinski definition) is 4. The first-order chi connectivity index (χ1) is 14.9. The van der Waals surface area contributed by atoms with Gasteiger partial charge in [0.1, 0.15) is 5.76 Å². The van der Waals surface area contributed by atoms with E-state index in [9.17, 15) is 13.2 Å². The maximum atomic E-state index is 12.9. The highest BCUT2D eigenvalue weighted by Crippen LogP contribution is 2.29. The summed E-state index contributed by atoms with van der Waals surface area (Å²) in [4.78, 5) is 6.65. The van der Waals surface area contributed by atoms with Crippen LogP contribution >= 0.6 is 0 Å². The number of hydrogen-bond donors (Lipinski definition) is 2. The van der Waals surface area contributed by atoms with Gasteiger partial charge >= 0.3 is 6.18 Å². The van der Waals surface area contributed by atoms with Crippen molar-refractivity contribution < 1.29 is 22.3 Å². The number of nitrogens with zero attached hydrogens (tertiary/aromatic N) is 2. The quantitative estimate of drug-likeness (QED) is 0.300. The molecule has 1 heterocycles. The van der Waals surface area contributed by atoms with Gasteiger partial charge in [-0.1, -0.05) is 12.1 Å². The normalized spacial score (nSPS) is 12.4. The zero-order valence-corrected chi connectivity index (χ0v) is 18.0. The second kappa shape index (κ2) is 13.0. The van der Waals surface area contributed by atoms with Crippen molar-refractivity contribution in [2.45, 2.75) is 25.6 Å². The summed E-state index contributed by atoms with van der Waals surface area (Å²) < 4.78 is 49.2. The lowest BCUT2D eigenvalue weighted by Crippen LogP contribution is -2.42. The summed E-state index contributed by atoms with van der Waals surface area (Å²) in [6, 6.07) is 8.96. The van der Waals surface area contributed by atoms with E-state index in [1.54, 1.807) is 19.4 Å². The van der Waals surface area contributed by atoms with E-state index in [0.717, 1.165) is 44.0 Å². The number of methoxy groups -OCH3 is 1. The lowest BCUT2D eigenvalue weighted by atomic mass is 10.1. The first kappa shape index (κ1) is 24.7. The van der Waals surface area contributed by atoms with Crippen LogP contribution in [-0.2, 0) is 23.9 Å². The van der Waals surface area contributed by atoms with Gasteiger partial charge in [-0.2, -0.15) is 13.2 Å². The number of guanidine groups is 1. The van der Waals surface area contributed by atoms with E-state index >= 15 is 0 Å². The van der Waals surface area contributed by atoms with Crippen molar-refractivity contribution in [1.29, 1.82) is 0 Å². The predicted octanol–water partition coefficient (Wildman–Crippen LogP) is 3.54. The molecule has 0 fully saturated rings. The summed E-state index contributed by atoms with van der Waals surface area (Å²) in [5, 5.41) is 6.47. The zero-order valence-electron chi connectivity index (χ0n) is 18.0. The Morgan fingerprint density at radius 2 is 1.94 bits per heavy atom. The standard InChI is InChI=1S/C22H31F3N4O2/c1-29(12-5-14-30-2)13-11-27-21(26-10-9-20-8-4-15-31-20)28-17-18-6-3-7-19(16-18)22(23,24)25/h3-4,6-8,15-16H,5,9-14,17H2,1-2H3,(H2,26,27,28). The van der Waals surface area contributed by atoms with Gasteiger partial charge in [0.25, 0.3) is 0 Å². The molecule has 0 saturated carbocycles. The molecular formula is C22H31F3N4O2. The van der Waals surface area contributed by atoms with E-state index in [4.69, 9.17) is 9.15 Å². The summed E-state index contributed by atoms with van der Waals surface area (Å²) >= 11 is 0. The number of aliphatic imine (C=N–C) groups is 1. The first-order valence-corrected chi connectivity index (χ1v) is 10.3. The second-order valence-corrected chi connectivity index (χ2v) is 7.20. The van der Waals surface area contributed by atoms with Crippen LogP contribution < -0.4 is 10.6 Å². The molecule has 0 unspecified atom stereocenters. The van der Waals surface area contributed by atoms with Crippen molar-refractivity contribution in [1.82, 2.24) is 15.5 Å². The van der Waals surface area contributed by atoms with E-state index in [1.807, 2.05) is 19.2 Å². The molecule has 0 aliphatic heterocycles. The fourth-order valence-corrected chi connectivity index (χ4v) is 2.91. The Morgan fingerprint density at radius 3 is 2.65 bits per heavy atom. The number of nitrogens with one attached hydrogen (secondary N) is 2. The minimum Gasteiger partial charge on any atom is -0.469 e. The lowest BCUT2D eigenvalue weighted by Gasteiger charge is -2.18.